The van der Waals surface area contributed by atoms with Gasteiger partial charge in [-0.3, -0.25) is 4.79 Å². The summed E-state index contributed by atoms with van der Waals surface area (Å²) in [6.45, 7) is 0.0249. The molecule has 0 bridgehead atoms. The highest BCUT2D eigenvalue weighted by Gasteiger charge is 2.15. The fourth-order valence-electron chi connectivity index (χ4n) is 2.22. The molecule has 1 amide bonds. The van der Waals surface area contributed by atoms with Crippen LogP contribution < -0.4 is 10.0 Å². The predicted molar refractivity (Wildman–Crippen MR) is 93.5 cm³/mol. The second-order valence-electron chi connectivity index (χ2n) is 5.39. The van der Waals surface area contributed by atoms with Gasteiger partial charge in [-0.15, -0.1) is 0 Å². The molecule has 0 atom stereocenters. The number of anilines is 1. The van der Waals surface area contributed by atoms with Crippen molar-refractivity contribution < 1.29 is 22.0 Å². The lowest BCUT2D eigenvalue weighted by Crippen LogP contribution is -2.23. The number of hydrogen-bond donors (Lipinski definition) is 2. The van der Waals surface area contributed by atoms with Crippen molar-refractivity contribution in [3.8, 4) is 0 Å². The summed E-state index contributed by atoms with van der Waals surface area (Å²) in [4.78, 5) is 12.2. The highest BCUT2D eigenvalue weighted by Crippen LogP contribution is 2.14. The second kappa shape index (κ2) is 7.51. The molecule has 0 spiro atoms. The number of rotatable bonds is 6. The normalized spacial score (nSPS) is 11.3. The van der Waals surface area contributed by atoms with E-state index < -0.39 is 21.7 Å². The quantitative estimate of drug-likeness (QED) is 0.694. The maximum atomic E-state index is 13.1. The summed E-state index contributed by atoms with van der Waals surface area (Å²) in [6, 6.07) is 14.2. The van der Waals surface area contributed by atoms with E-state index in [-0.39, 0.29) is 17.0 Å². The van der Waals surface area contributed by atoms with Gasteiger partial charge >= 0.3 is 0 Å². The average molecular weight is 374 g/mol. The third kappa shape index (κ3) is 4.35. The van der Waals surface area contributed by atoms with Gasteiger partial charge in [-0.2, -0.15) is 0 Å². The summed E-state index contributed by atoms with van der Waals surface area (Å²) in [5.41, 5.74) is 0.561. The van der Waals surface area contributed by atoms with E-state index in [9.17, 15) is 17.6 Å². The van der Waals surface area contributed by atoms with E-state index in [2.05, 4.69) is 10.0 Å². The molecule has 3 rings (SSSR count). The minimum atomic E-state index is -3.73. The zero-order chi connectivity index (χ0) is 18.6. The molecule has 0 unspecified atom stereocenters. The largest absolute Gasteiger partial charge is 0.468 e. The summed E-state index contributed by atoms with van der Waals surface area (Å²) >= 11 is 0. The van der Waals surface area contributed by atoms with Crippen molar-refractivity contribution in [2.75, 3.05) is 5.32 Å². The fraction of sp³-hybridized carbons (Fsp3) is 0.0556. The zero-order valence-electron chi connectivity index (χ0n) is 13.5. The maximum absolute atomic E-state index is 13.1. The smallest absolute Gasteiger partial charge is 0.255 e. The lowest BCUT2D eigenvalue weighted by atomic mass is 10.2. The van der Waals surface area contributed by atoms with Crippen LogP contribution in [0.5, 0.6) is 0 Å². The summed E-state index contributed by atoms with van der Waals surface area (Å²) < 4.78 is 45.1. The van der Waals surface area contributed by atoms with E-state index in [0.717, 1.165) is 0 Å². The van der Waals surface area contributed by atoms with Crippen molar-refractivity contribution in [1.29, 1.82) is 0 Å². The van der Waals surface area contributed by atoms with E-state index >= 15 is 0 Å². The topological polar surface area (TPSA) is 88.4 Å². The first-order chi connectivity index (χ1) is 12.4. The molecular formula is C18H15FN2O4S. The second-order valence-corrected chi connectivity index (χ2v) is 7.16. The van der Waals surface area contributed by atoms with Gasteiger partial charge in [0.1, 0.15) is 11.6 Å². The molecule has 2 aromatic carbocycles. The molecule has 26 heavy (non-hydrogen) atoms. The van der Waals surface area contributed by atoms with Crippen LogP contribution in [0.2, 0.25) is 0 Å². The Kier molecular flexibility index (Phi) is 5.15. The van der Waals surface area contributed by atoms with E-state index in [1.54, 1.807) is 18.2 Å². The van der Waals surface area contributed by atoms with Crippen molar-refractivity contribution in [2.45, 2.75) is 11.4 Å². The molecule has 1 heterocycles. The minimum Gasteiger partial charge on any atom is -0.468 e. The van der Waals surface area contributed by atoms with Crippen LogP contribution in [-0.4, -0.2) is 14.3 Å². The first-order valence-electron chi connectivity index (χ1n) is 7.63. The third-order valence-electron chi connectivity index (χ3n) is 3.53. The Hall–Kier alpha value is -2.97. The van der Waals surface area contributed by atoms with Gasteiger partial charge in [0.05, 0.1) is 17.7 Å². The number of hydrogen-bond acceptors (Lipinski definition) is 4. The monoisotopic (exact) mass is 374 g/mol. The van der Waals surface area contributed by atoms with Gasteiger partial charge in [0, 0.05) is 11.3 Å². The first kappa shape index (κ1) is 17.8. The SMILES string of the molecule is O=C(Nc1cccc(F)c1)c1ccc(S(=O)(=O)NCc2ccco2)cc1. The van der Waals surface area contributed by atoms with Crippen LogP contribution in [0.4, 0.5) is 10.1 Å². The van der Waals surface area contributed by atoms with Crippen LogP contribution in [0.15, 0.2) is 76.2 Å². The van der Waals surface area contributed by atoms with Crippen LogP contribution in [-0.2, 0) is 16.6 Å². The van der Waals surface area contributed by atoms with Crippen LogP contribution in [0.1, 0.15) is 16.1 Å². The molecule has 134 valence electrons. The lowest BCUT2D eigenvalue weighted by molar-refractivity contribution is 0.102. The average Bonchev–Trinajstić information content (AvgIpc) is 3.14. The Labute approximate surface area is 149 Å². The van der Waals surface area contributed by atoms with Gasteiger partial charge in [0.2, 0.25) is 10.0 Å². The number of furan rings is 1. The van der Waals surface area contributed by atoms with Crippen LogP contribution in [0.25, 0.3) is 0 Å². The standard InChI is InChI=1S/C18H15FN2O4S/c19-14-3-1-4-15(11-14)21-18(22)13-6-8-17(9-7-13)26(23,24)20-12-16-5-2-10-25-16/h1-11,20H,12H2,(H,21,22). The van der Waals surface area contributed by atoms with Crippen LogP contribution in [0.3, 0.4) is 0 Å². The number of carbonyl (C=O) groups is 1. The van der Waals surface area contributed by atoms with Gasteiger partial charge in [0.15, 0.2) is 0 Å². The molecule has 1 aromatic heterocycles. The summed E-state index contributed by atoms with van der Waals surface area (Å²) in [7, 11) is -3.73. The van der Waals surface area contributed by atoms with Crippen molar-refractivity contribution >= 4 is 21.6 Å². The number of halogens is 1. The van der Waals surface area contributed by atoms with Crippen molar-refractivity contribution in [1.82, 2.24) is 4.72 Å². The van der Waals surface area contributed by atoms with Gasteiger partial charge in [-0.05, 0) is 54.6 Å². The molecule has 0 aliphatic heterocycles. The Bertz CT molecular complexity index is 1000. The van der Waals surface area contributed by atoms with E-state index in [1.165, 1.54) is 48.7 Å². The highest BCUT2D eigenvalue weighted by atomic mass is 32.2. The van der Waals surface area contributed by atoms with Gasteiger partial charge in [-0.25, -0.2) is 17.5 Å². The number of sulfonamides is 1. The van der Waals surface area contributed by atoms with Crippen LogP contribution in [0, 0.1) is 5.82 Å². The first-order valence-corrected chi connectivity index (χ1v) is 9.11. The molecule has 0 aliphatic carbocycles. The number of benzene rings is 2. The van der Waals surface area contributed by atoms with Gasteiger partial charge < -0.3 is 9.73 Å². The van der Waals surface area contributed by atoms with Crippen molar-refractivity contribution in [2.24, 2.45) is 0 Å². The van der Waals surface area contributed by atoms with E-state index in [4.69, 9.17) is 4.42 Å². The number of amides is 1. The van der Waals surface area contributed by atoms with Gasteiger partial charge in [0.25, 0.3) is 5.91 Å². The number of carbonyl (C=O) groups excluding carboxylic acids is 1. The predicted octanol–water partition coefficient (Wildman–Crippen LogP) is 3.15. The highest BCUT2D eigenvalue weighted by molar-refractivity contribution is 7.89. The van der Waals surface area contributed by atoms with Crippen LogP contribution >= 0.6 is 0 Å². The molecule has 0 saturated heterocycles. The molecule has 3 aromatic rings. The molecule has 6 nitrogen and oxygen atoms in total. The fourth-order valence-corrected chi connectivity index (χ4v) is 3.21. The lowest BCUT2D eigenvalue weighted by Gasteiger charge is -2.08. The molecule has 0 radical (unpaired) electrons. The molecule has 0 aliphatic rings. The van der Waals surface area contributed by atoms with E-state index in [1.807, 2.05) is 0 Å². The van der Waals surface area contributed by atoms with Crippen molar-refractivity contribution in [3.63, 3.8) is 0 Å². The minimum absolute atomic E-state index is 0.0198. The molecule has 2 N–H and O–H groups in total. The molecule has 8 heteroatoms. The molecular weight excluding hydrogens is 359 g/mol. The van der Waals surface area contributed by atoms with E-state index in [0.29, 0.717) is 11.4 Å². The maximum Gasteiger partial charge on any atom is 0.255 e. The summed E-state index contributed by atoms with van der Waals surface area (Å²) in [5.74, 6) is -0.449. The Balaban J connectivity index is 1.68. The Morgan fingerprint density at radius 2 is 1.81 bits per heavy atom. The van der Waals surface area contributed by atoms with Crippen molar-refractivity contribution in [3.05, 3.63) is 84.1 Å². The third-order valence-corrected chi connectivity index (χ3v) is 4.94. The van der Waals surface area contributed by atoms with Gasteiger partial charge in [-0.1, -0.05) is 6.07 Å². The molecule has 0 saturated carbocycles. The zero-order valence-corrected chi connectivity index (χ0v) is 14.3. The summed E-state index contributed by atoms with van der Waals surface area (Å²) in [5, 5.41) is 2.54. The Morgan fingerprint density at radius 1 is 1.04 bits per heavy atom. The summed E-state index contributed by atoms with van der Waals surface area (Å²) in [6.07, 6.45) is 1.45. The molecule has 0 fully saturated rings. The Morgan fingerprint density at radius 3 is 2.46 bits per heavy atom. The number of nitrogens with one attached hydrogen (secondary N) is 2.